The predicted molar refractivity (Wildman–Crippen MR) is 131 cm³/mol. The van der Waals surface area contributed by atoms with Gasteiger partial charge in [-0.1, -0.05) is 18.7 Å². The molecule has 2 fully saturated rings. The summed E-state index contributed by atoms with van der Waals surface area (Å²) >= 11 is 0. The Hall–Kier alpha value is -2.06. The van der Waals surface area contributed by atoms with Gasteiger partial charge in [-0.25, -0.2) is 0 Å². The molecule has 0 amide bonds. The minimum Gasteiger partial charge on any atom is -0.476 e. The number of aliphatic imine (C=N–C) groups is 1. The van der Waals surface area contributed by atoms with Crippen molar-refractivity contribution in [2.45, 2.75) is 32.4 Å². The second kappa shape index (κ2) is 14.1. The third-order valence-corrected chi connectivity index (χ3v) is 5.88. The summed E-state index contributed by atoms with van der Waals surface area (Å²) in [5.74, 6) is 0.823. The first-order valence-corrected chi connectivity index (χ1v) is 10.8. The lowest BCUT2D eigenvalue weighted by molar-refractivity contribution is -0.0979. The molecule has 1 aromatic carbocycles. The first-order valence-electron chi connectivity index (χ1n) is 10.8. The molecule has 7 nitrogen and oxygen atoms in total. The first-order chi connectivity index (χ1) is 14.8. The van der Waals surface area contributed by atoms with Gasteiger partial charge in [0, 0.05) is 44.8 Å². The zero-order valence-corrected chi connectivity index (χ0v) is 20.1. The summed E-state index contributed by atoms with van der Waals surface area (Å²) in [6.07, 6.45) is 1.19. The van der Waals surface area contributed by atoms with Gasteiger partial charge in [0.1, 0.15) is 25.0 Å². The second-order valence-corrected chi connectivity index (χ2v) is 8.29. The Balaban J connectivity index is 0.000000317. The van der Waals surface area contributed by atoms with E-state index in [-0.39, 0.29) is 0 Å². The van der Waals surface area contributed by atoms with Gasteiger partial charge in [-0.05, 0) is 65.3 Å². The fraction of sp³-hybridized carbons (Fsp3) is 0.583. The quantitative estimate of drug-likeness (QED) is 0.529. The number of piperazine rings is 1. The van der Waals surface area contributed by atoms with Gasteiger partial charge in [-0.3, -0.25) is 14.8 Å². The van der Waals surface area contributed by atoms with Gasteiger partial charge in [-0.15, -0.1) is 0 Å². The molecule has 1 aromatic rings. The van der Waals surface area contributed by atoms with Crippen molar-refractivity contribution in [1.82, 2.24) is 20.0 Å². The van der Waals surface area contributed by atoms with E-state index in [1.165, 1.54) is 12.0 Å². The molecule has 0 aliphatic carbocycles. The Kier molecular flexibility index (Phi) is 12.3. The minimum atomic E-state index is 0.597. The summed E-state index contributed by atoms with van der Waals surface area (Å²) in [5, 5.41) is 3.24. The van der Waals surface area contributed by atoms with Gasteiger partial charge >= 0.3 is 0 Å². The Morgan fingerprint density at radius 3 is 2.39 bits per heavy atom. The van der Waals surface area contributed by atoms with Crippen LogP contribution >= 0.6 is 0 Å². The molecule has 31 heavy (non-hydrogen) atoms. The fourth-order valence-electron chi connectivity index (χ4n) is 3.62. The van der Waals surface area contributed by atoms with Crippen LogP contribution in [0.1, 0.15) is 18.9 Å². The lowest BCUT2D eigenvalue weighted by Crippen LogP contribution is -2.49. The van der Waals surface area contributed by atoms with E-state index in [9.17, 15) is 0 Å². The maximum absolute atomic E-state index is 8.00. The molecule has 7 heteroatoms. The number of hydrogen-bond donors (Lipinski definition) is 1. The molecule has 0 bridgehead atoms. The molecule has 0 spiro atoms. The van der Waals surface area contributed by atoms with E-state index in [1.54, 1.807) is 0 Å². The smallest absolute Gasteiger partial charge is 0.147 e. The van der Waals surface area contributed by atoms with Crippen LogP contribution < -0.4 is 10.1 Å². The third kappa shape index (κ3) is 8.53. The van der Waals surface area contributed by atoms with Crippen LogP contribution in [0.4, 0.5) is 5.69 Å². The van der Waals surface area contributed by atoms with Crippen LogP contribution in [0.3, 0.4) is 0 Å². The van der Waals surface area contributed by atoms with Crippen molar-refractivity contribution < 1.29 is 9.53 Å². The molecule has 1 N–H and O–H groups in total. The Labute approximate surface area is 188 Å². The van der Waals surface area contributed by atoms with Gasteiger partial charge in [0.15, 0.2) is 0 Å². The SMILES string of the molecule is C=C1CN(C)C1CC(C)NC.C=Nc1c(C)cccc1OCN1CCN(C)CC1.C=O. The van der Waals surface area contributed by atoms with Crippen molar-refractivity contribution in [3.8, 4) is 5.75 Å². The summed E-state index contributed by atoms with van der Waals surface area (Å²) in [4.78, 5) is 19.0. The standard InChI is InChI=1S/C14H21N3O.C9H18N2.CH2O/c1-12-5-4-6-13(14(12)15-2)18-11-17-9-7-16(3)8-10-17;1-7-6-11(4)9(7)5-8(2)10-3;1-2/h4-6H,2,7-11H2,1,3H3;8-10H,1,5-6H2,2-4H3;1H2. The molecule has 2 aliphatic rings. The Bertz CT molecular complexity index is 689. The summed E-state index contributed by atoms with van der Waals surface area (Å²) in [7, 11) is 6.31. The van der Waals surface area contributed by atoms with E-state index in [2.05, 4.69) is 59.3 Å². The molecule has 174 valence electrons. The Morgan fingerprint density at radius 2 is 1.87 bits per heavy atom. The summed E-state index contributed by atoms with van der Waals surface area (Å²) < 4.78 is 5.86. The highest BCUT2D eigenvalue weighted by atomic mass is 16.5. The highest BCUT2D eigenvalue weighted by Gasteiger charge is 2.29. The normalized spacial score (nSPS) is 20.4. The summed E-state index contributed by atoms with van der Waals surface area (Å²) in [5.41, 5.74) is 3.34. The molecular weight excluding hydrogens is 390 g/mol. The highest BCUT2D eigenvalue weighted by Crippen LogP contribution is 2.30. The van der Waals surface area contributed by atoms with E-state index in [4.69, 9.17) is 9.53 Å². The number of carbonyl (C=O) groups is 1. The van der Waals surface area contributed by atoms with Crippen LogP contribution in [0.15, 0.2) is 35.3 Å². The number of nitrogens with one attached hydrogen (secondary N) is 1. The molecule has 3 rings (SSSR count). The number of likely N-dealkylation sites (tertiary alicyclic amines) is 1. The number of carbonyl (C=O) groups excluding carboxylic acids is 1. The number of nitrogens with zero attached hydrogens (tertiary/aromatic N) is 4. The van der Waals surface area contributed by atoms with Crippen LogP contribution in [0.5, 0.6) is 5.75 Å². The number of para-hydroxylation sites is 1. The van der Waals surface area contributed by atoms with Crippen molar-refractivity contribution in [3.63, 3.8) is 0 Å². The second-order valence-electron chi connectivity index (χ2n) is 8.29. The van der Waals surface area contributed by atoms with Crippen LogP contribution in [0.2, 0.25) is 0 Å². The summed E-state index contributed by atoms with van der Waals surface area (Å²) in [6, 6.07) is 7.18. The molecule has 0 aromatic heterocycles. The number of rotatable bonds is 7. The lowest BCUT2D eigenvalue weighted by atomic mass is 9.92. The van der Waals surface area contributed by atoms with Crippen molar-refractivity contribution >= 4 is 19.2 Å². The van der Waals surface area contributed by atoms with E-state index in [0.29, 0.717) is 18.8 Å². The van der Waals surface area contributed by atoms with Gasteiger partial charge in [0.2, 0.25) is 0 Å². The number of likely N-dealkylation sites (N-methyl/N-ethyl adjacent to an activating group) is 2. The average Bonchev–Trinajstić information content (AvgIpc) is 2.79. The van der Waals surface area contributed by atoms with Crippen molar-refractivity contribution in [1.29, 1.82) is 0 Å². The molecule has 2 unspecified atom stereocenters. The number of benzene rings is 1. The molecule has 2 heterocycles. The van der Waals surface area contributed by atoms with E-state index in [1.807, 2.05) is 39.0 Å². The van der Waals surface area contributed by atoms with Gasteiger partial charge in [0.05, 0.1) is 0 Å². The molecule has 0 saturated carbocycles. The molecule has 2 aliphatic heterocycles. The average molecular weight is 432 g/mol. The van der Waals surface area contributed by atoms with Gasteiger partial charge < -0.3 is 19.7 Å². The number of aryl methyl sites for hydroxylation is 1. The zero-order chi connectivity index (χ0) is 23.4. The molecular formula is C24H41N5O2. The maximum Gasteiger partial charge on any atom is 0.147 e. The number of hydrogen-bond acceptors (Lipinski definition) is 7. The molecule has 0 radical (unpaired) electrons. The topological polar surface area (TPSA) is 60.4 Å². The summed E-state index contributed by atoms with van der Waals surface area (Å²) in [6.45, 7) is 19.9. The van der Waals surface area contributed by atoms with Crippen LogP contribution in [-0.2, 0) is 4.79 Å². The van der Waals surface area contributed by atoms with Crippen LogP contribution in [0.25, 0.3) is 0 Å². The van der Waals surface area contributed by atoms with E-state index in [0.717, 1.165) is 49.7 Å². The van der Waals surface area contributed by atoms with E-state index < -0.39 is 0 Å². The lowest BCUT2D eigenvalue weighted by Gasteiger charge is -2.41. The van der Waals surface area contributed by atoms with Crippen LogP contribution in [0, 0.1) is 6.92 Å². The van der Waals surface area contributed by atoms with Gasteiger partial charge in [0.25, 0.3) is 0 Å². The highest BCUT2D eigenvalue weighted by molar-refractivity contribution is 5.60. The predicted octanol–water partition coefficient (Wildman–Crippen LogP) is 2.58. The van der Waals surface area contributed by atoms with Crippen molar-refractivity contribution in [3.05, 3.63) is 35.9 Å². The monoisotopic (exact) mass is 431 g/mol. The minimum absolute atomic E-state index is 0.597. The Morgan fingerprint density at radius 1 is 1.23 bits per heavy atom. The van der Waals surface area contributed by atoms with Crippen molar-refractivity contribution in [2.75, 3.05) is 60.6 Å². The molecule has 2 saturated heterocycles. The van der Waals surface area contributed by atoms with Crippen LogP contribution in [-0.4, -0.2) is 101 Å². The zero-order valence-electron chi connectivity index (χ0n) is 20.1. The van der Waals surface area contributed by atoms with Crippen molar-refractivity contribution in [2.24, 2.45) is 4.99 Å². The van der Waals surface area contributed by atoms with E-state index >= 15 is 0 Å². The first kappa shape index (κ1) is 27.0. The maximum atomic E-state index is 8.00. The third-order valence-electron chi connectivity index (χ3n) is 5.88. The van der Waals surface area contributed by atoms with Gasteiger partial charge in [-0.2, -0.15) is 0 Å². The fourth-order valence-corrected chi connectivity index (χ4v) is 3.62. The molecule has 2 atom stereocenters. The largest absolute Gasteiger partial charge is 0.476 e. The number of ether oxygens (including phenoxy) is 1.